The lowest BCUT2D eigenvalue weighted by atomic mass is 9.90. The van der Waals surface area contributed by atoms with E-state index < -0.39 is 0 Å². The summed E-state index contributed by atoms with van der Waals surface area (Å²) in [4.78, 5) is 3.40. The molecule has 4 heteroatoms. The number of ether oxygens (including phenoxy) is 1. The molecule has 1 heterocycles. The lowest BCUT2D eigenvalue weighted by molar-refractivity contribution is 0.386. The number of hydrogen-bond donors (Lipinski definition) is 2. The average Bonchev–Trinajstić information content (AvgIpc) is 2.88. The molecule has 0 spiro atoms. The summed E-state index contributed by atoms with van der Waals surface area (Å²) in [7, 11) is 1.47. The van der Waals surface area contributed by atoms with E-state index in [2.05, 4.69) is 24.0 Å². The number of hydrogen-bond acceptors (Lipinski definition) is 2. The third kappa shape index (κ3) is 2.94. The summed E-state index contributed by atoms with van der Waals surface area (Å²) in [6.45, 7) is 2.53. The molecule has 2 aromatic carbocycles. The van der Waals surface area contributed by atoms with E-state index in [0.29, 0.717) is 6.54 Å². The second-order valence-corrected chi connectivity index (χ2v) is 5.80. The van der Waals surface area contributed by atoms with Crippen LogP contribution in [0.1, 0.15) is 22.7 Å². The van der Waals surface area contributed by atoms with Crippen LogP contribution in [0.15, 0.2) is 42.5 Å². The molecule has 0 aliphatic heterocycles. The van der Waals surface area contributed by atoms with Gasteiger partial charge in [-0.1, -0.05) is 24.3 Å². The van der Waals surface area contributed by atoms with E-state index in [1.54, 1.807) is 6.07 Å². The number of fused-ring (bicyclic) bond motifs is 1. The Morgan fingerprint density at radius 1 is 1.22 bits per heavy atom. The fourth-order valence-electron chi connectivity index (χ4n) is 3.12. The molecule has 3 N–H and O–H groups in total. The van der Waals surface area contributed by atoms with Gasteiger partial charge < -0.3 is 15.5 Å². The number of H-pyrrole nitrogens is 1. The van der Waals surface area contributed by atoms with Gasteiger partial charge >= 0.3 is 0 Å². The SMILES string of the molecule is COc1ccc(C(CN)Cc2c(C)[nH]c3ccccc23)cc1F. The minimum atomic E-state index is -0.348. The molecule has 1 atom stereocenters. The predicted molar refractivity (Wildman–Crippen MR) is 91.5 cm³/mol. The van der Waals surface area contributed by atoms with Gasteiger partial charge in [-0.2, -0.15) is 0 Å². The number of nitrogens with two attached hydrogens (primary N) is 1. The molecule has 1 unspecified atom stereocenters. The number of halogens is 1. The van der Waals surface area contributed by atoms with E-state index in [4.69, 9.17) is 10.5 Å². The first kappa shape index (κ1) is 15.6. The van der Waals surface area contributed by atoms with Crippen LogP contribution in [0.4, 0.5) is 4.39 Å². The highest BCUT2D eigenvalue weighted by Crippen LogP contribution is 2.29. The fraction of sp³-hybridized carbons (Fsp3) is 0.263. The number of aromatic nitrogens is 1. The summed E-state index contributed by atoms with van der Waals surface area (Å²) in [6, 6.07) is 13.3. The summed E-state index contributed by atoms with van der Waals surface area (Å²) in [5.74, 6) is -0.0276. The molecule has 0 saturated carbocycles. The van der Waals surface area contributed by atoms with E-state index in [9.17, 15) is 4.39 Å². The maximum absolute atomic E-state index is 14.0. The number of para-hydroxylation sites is 1. The fourth-order valence-corrected chi connectivity index (χ4v) is 3.12. The first-order valence-corrected chi connectivity index (χ1v) is 7.73. The third-order valence-corrected chi connectivity index (χ3v) is 4.41. The summed E-state index contributed by atoms with van der Waals surface area (Å²) in [5.41, 5.74) is 10.4. The number of benzene rings is 2. The molecule has 0 bridgehead atoms. The van der Waals surface area contributed by atoms with E-state index in [0.717, 1.165) is 23.2 Å². The van der Waals surface area contributed by atoms with Crippen LogP contribution in [-0.4, -0.2) is 18.6 Å². The second-order valence-electron chi connectivity index (χ2n) is 5.80. The van der Waals surface area contributed by atoms with Gasteiger partial charge in [-0.25, -0.2) is 4.39 Å². The quantitative estimate of drug-likeness (QED) is 0.750. The Balaban J connectivity index is 1.95. The Morgan fingerprint density at radius 3 is 2.70 bits per heavy atom. The van der Waals surface area contributed by atoms with Gasteiger partial charge in [0, 0.05) is 22.5 Å². The van der Waals surface area contributed by atoms with Crippen LogP contribution >= 0.6 is 0 Å². The maximum atomic E-state index is 14.0. The van der Waals surface area contributed by atoms with Crippen molar-refractivity contribution in [2.24, 2.45) is 5.73 Å². The minimum absolute atomic E-state index is 0.0633. The molecule has 0 fully saturated rings. The number of nitrogens with one attached hydrogen (secondary N) is 1. The summed E-state index contributed by atoms with van der Waals surface area (Å²) in [5, 5.41) is 1.21. The predicted octanol–water partition coefficient (Wildman–Crippen LogP) is 3.91. The zero-order chi connectivity index (χ0) is 16.4. The molecule has 0 aliphatic rings. The number of aromatic amines is 1. The van der Waals surface area contributed by atoms with Gasteiger partial charge in [-0.15, -0.1) is 0 Å². The third-order valence-electron chi connectivity index (χ3n) is 4.41. The van der Waals surface area contributed by atoms with E-state index in [1.165, 1.54) is 24.1 Å². The van der Waals surface area contributed by atoms with Crippen molar-refractivity contribution < 1.29 is 9.13 Å². The smallest absolute Gasteiger partial charge is 0.165 e. The molecule has 1 aromatic heterocycles. The normalized spacial score (nSPS) is 12.5. The Bertz CT molecular complexity index is 825. The lowest BCUT2D eigenvalue weighted by Crippen LogP contribution is -2.15. The van der Waals surface area contributed by atoms with Crippen molar-refractivity contribution >= 4 is 10.9 Å². The molecule has 0 saturated heterocycles. The monoisotopic (exact) mass is 312 g/mol. The van der Waals surface area contributed by atoms with Crippen molar-refractivity contribution in [3.8, 4) is 5.75 Å². The van der Waals surface area contributed by atoms with Gasteiger partial charge in [0.15, 0.2) is 11.6 Å². The van der Waals surface area contributed by atoms with Crippen molar-refractivity contribution in [2.45, 2.75) is 19.3 Å². The van der Waals surface area contributed by atoms with Crippen LogP contribution in [0.25, 0.3) is 10.9 Å². The molecule has 0 amide bonds. The van der Waals surface area contributed by atoms with E-state index in [-0.39, 0.29) is 17.5 Å². The number of aryl methyl sites for hydroxylation is 1. The van der Waals surface area contributed by atoms with Crippen LogP contribution in [0, 0.1) is 12.7 Å². The molecule has 23 heavy (non-hydrogen) atoms. The van der Waals surface area contributed by atoms with Gasteiger partial charge in [0.05, 0.1) is 7.11 Å². The zero-order valence-corrected chi connectivity index (χ0v) is 13.4. The minimum Gasteiger partial charge on any atom is -0.494 e. The molecule has 120 valence electrons. The summed E-state index contributed by atoms with van der Waals surface area (Å²) in [6.07, 6.45) is 0.776. The summed E-state index contributed by atoms with van der Waals surface area (Å²) < 4.78 is 19.0. The molecule has 3 aromatic rings. The van der Waals surface area contributed by atoms with Gasteiger partial charge in [0.2, 0.25) is 0 Å². The molecule has 3 nitrogen and oxygen atoms in total. The Kier molecular flexibility index (Phi) is 4.35. The lowest BCUT2D eigenvalue weighted by Gasteiger charge is -2.16. The zero-order valence-electron chi connectivity index (χ0n) is 13.4. The summed E-state index contributed by atoms with van der Waals surface area (Å²) >= 11 is 0. The molecule has 0 radical (unpaired) electrons. The highest BCUT2D eigenvalue weighted by Gasteiger charge is 2.17. The van der Waals surface area contributed by atoms with Crippen LogP contribution < -0.4 is 10.5 Å². The largest absolute Gasteiger partial charge is 0.494 e. The molecular formula is C19H21FN2O. The van der Waals surface area contributed by atoms with Crippen molar-refractivity contribution in [3.63, 3.8) is 0 Å². The number of methoxy groups -OCH3 is 1. The van der Waals surface area contributed by atoms with Gasteiger partial charge in [0.25, 0.3) is 0 Å². The first-order valence-electron chi connectivity index (χ1n) is 7.73. The molecular weight excluding hydrogens is 291 g/mol. The van der Waals surface area contributed by atoms with Crippen LogP contribution in [0.2, 0.25) is 0 Å². The van der Waals surface area contributed by atoms with Gasteiger partial charge in [-0.3, -0.25) is 0 Å². The van der Waals surface area contributed by atoms with Crippen molar-refractivity contribution in [2.75, 3.05) is 13.7 Å². The topological polar surface area (TPSA) is 51.0 Å². The van der Waals surface area contributed by atoms with Gasteiger partial charge in [-0.05, 0) is 49.2 Å². The van der Waals surface area contributed by atoms with Crippen molar-refractivity contribution in [3.05, 3.63) is 65.1 Å². The van der Waals surface area contributed by atoms with Gasteiger partial charge in [0.1, 0.15) is 0 Å². The highest BCUT2D eigenvalue weighted by molar-refractivity contribution is 5.84. The Labute approximate surface area is 135 Å². The van der Waals surface area contributed by atoms with E-state index in [1.807, 2.05) is 18.2 Å². The highest BCUT2D eigenvalue weighted by atomic mass is 19.1. The van der Waals surface area contributed by atoms with Crippen molar-refractivity contribution in [1.82, 2.24) is 4.98 Å². The second kappa shape index (κ2) is 6.42. The van der Waals surface area contributed by atoms with E-state index >= 15 is 0 Å². The Morgan fingerprint density at radius 2 is 2.00 bits per heavy atom. The standard InChI is InChI=1S/C19H21FN2O/c1-12-16(15-5-3-4-6-18(15)22-12)9-14(11-21)13-7-8-19(23-2)17(20)10-13/h3-8,10,14,22H,9,11,21H2,1-2H3. The first-order chi connectivity index (χ1) is 11.1. The molecule has 3 rings (SSSR count). The van der Waals surface area contributed by atoms with Crippen LogP contribution in [0.3, 0.4) is 0 Å². The van der Waals surface area contributed by atoms with Crippen LogP contribution in [0.5, 0.6) is 5.75 Å². The van der Waals surface area contributed by atoms with Crippen LogP contribution in [-0.2, 0) is 6.42 Å². The number of rotatable bonds is 5. The molecule has 0 aliphatic carbocycles. The Hall–Kier alpha value is -2.33. The average molecular weight is 312 g/mol. The maximum Gasteiger partial charge on any atom is 0.165 e. The van der Waals surface area contributed by atoms with Crippen molar-refractivity contribution in [1.29, 1.82) is 0 Å².